The zero-order chi connectivity index (χ0) is 14.8. The minimum atomic E-state index is -0.547. The monoisotopic (exact) mass is 277 g/mol. The molecule has 0 aromatic heterocycles. The van der Waals surface area contributed by atoms with E-state index in [4.69, 9.17) is 0 Å². The summed E-state index contributed by atoms with van der Waals surface area (Å²) in [5.41, 5.74) is 0.139. The Morgan fingerprint density at radius 1 is 1.35 bits per heavy atom. The van der Waals surface area contributed by atoms with Gasteiger partial charge in [-0.2, -0.15) is 0 Å². The van der Waals surface area contributed by atoms with E-state index < -0.39 is 10.5 Å². The Morgan fingerprint density at radius 3 is 2.50 bits per heavy atom. The minimum absolute atomic E-state index is 0.00828. The van der Waals surface area contributed by atoms with Crippen LogP contribution in [0, 0.1) is 10.1 Å². The smallest absolute Gasteiger partial charge is 0.269 e. The molecular formula is C14H19N3O3. The number of benzene rings is 1. The van der Waals surface area contributed by atoms with Crippen LogP contribution in [0.5, 0.6) is 0 Å². The maximum absolute atomic E-state index is 12.6. The van der Waals surface area contributed by atoms with Gasteiger partial charge in [-0.3, -0.25) is 14.9 Å². The van der Waals surface area contributed by atoms with Crippen molar-refractivity contribution in [3.63, 3.8) is 0 Å². The van der Waals surface area contributed by atoms with E-state index in [0.717, 1.165) is 25.8 Å². The molecule has 108 valence electrons. The highest BCUT2D eigenvalue weighted by Crippen LogP contribution is 2.25. The summed E-state index contributed by atoms with van der Waals surface area (Å²) in [6.45, 7) is 2.76. The molecule has 1 heterocycles. The van der Waals surface area contributed by atoms with E-state index in [-0.39, 0.29) is 11.6 Å². The molecule has 1 atom stereocenters. The van der Waals surface area contributed by atoms with Gasteiger partial charge in [0.05, 0.1) is 10.5 Å². The molecule has 1 aromatic carbocycles. The fourth-order valence-corrected chi connectivity index (χ4v) is 2.52. The predicted octanol–water partition coefficient (Wildman–Crippen LogP) is 2.09. The van der Waals surface area contributed by atoms with E-state index in [0.29, 0.717) is 5.69 Å². The summed E-state index contributed by atoms with van der Waals surface area (Å²) in [5.74, 6) is -0.00828. The molecule has 6 heteroatoms. The molecular weight excluding hydrogens is 258 g/mol. The van der Waals surface area contributed by atoms with Gasteiger partial charge in [-0.1, -0.05) is 0 Å². The Balaban J connectivity index is 2.15. The van der Waals surface area contributed by atoms with E-state index in [2.05, 4.69) is 5.32 Å². The zero-order valence-corrected chi connectivity index (χ0v) is 11.8. The number of likely N-dealkylation sites (N-methyl/N-ethyl adjacent to an activating group) is 1. The third-order valence-electron chi connectivity index (χ3n) is 3.84. The van der Waals surface area contributed by atoms with Crippen molar-refractivity contribution in [1.82, 2.24) is 5.32 Å². The van der Waals surface area contributed by atoms with Gasteiger partial charge in [-0.05, 0) is 44.9 Å². The lowest BCUT2D eigenvalue weighted by molar-refractivity contribution is -0.384. The quantitative estimate of drug-likeness (QED) is 0.678. The topological polar surface area (TPSA) is 75.5 Å². The van der Waals surface area contributed by atoms with Crippen molar-refractivity contribution >= 4 is 17.3 Å². The van der Waals surface area contributed by atoms with Gasteiger partial charge in [-0.25, -0.2) is 0 Å². The van der Waals surface area contributed by atoms with Crippen molar-refractivity contribution in [3.05, 3.63) is 34.4 Å². The Kier molecular flexibility index (Phi) is 4.04. The van der Waals surface area contributed by atoms with Gasteiger partial charge in [0.25, 0.3) is 5.69 Å². The first-order valence-corrected chi connectivity index (χ1v) is 6.72. The molecule has 1 amide bonds. The predicted molar refractivity (Wildman–Crippen MR) is 76.8 cm³/mol. The molecule has 0 spiro atoms. The average molecular weight is 277 g/mol. The molecule has 0 radical (unpaired) electrons. The molecule has 1 fully saturated rings. The third-order valence-corrected chi connectivity index (χ3v) is 3.84. The molecule has 1 unspecified atom stereocenters. The number of anilines is 1. The molecule has 1 aliphatic rings. The Morgan fingerprint density at radius 2 is 2.00 bits per heavy atom. The maximum atomic E-state index is 12.6. The molecule has 1 aliphatic heterocycles. The molecule has 6 nitrogen and oxygen atoms in total. The highest BCUT2D eigenvalue weighted by molar-refractivity contribution is 5.99. The molecule has 2 rings (SSSR count). The fourth-order valence-electron chi connectivity index (χ4n) is 2.52. The first-order valence-electron chi connectivity index (χ1n) is 6.72. The lowest BCUT2D eigenvalue weighted by Gasteiger charge is -2.36. The van der Waals surface area contributed by atoms with Crippen molar-refractivity contribution in [3.8, 4) is 0 Å². The van der Waals surface area contributed by atoms with Crippen LogP contribution in [-0.2, 0) is 4.79 Å². The third kappa shape index (κ3) is 2.80. The van der Waals surface area contributed by atoms with Gasteiger partial charge in [0.1, 0.15) is 0 Å². The van der Waals surface area contributed by atoms with Crippen LogP contribution in [0.3, 0.4) is 0 Å². The summed E-state index contributed by atoms with van der Waals surface area (Å²) < 4.78 is 0. The standard InChI is InChI=1S/C14H19N3O3/c1-14(9-3-4-10-15-14)13(18)16(2)11-5-7-12(8-6-11)17(19)20/h5-8,15H,3-4,9-10H2,1-2H3. The summed E-state index contributed by atoms with van der Waals surface area (Å²) in [7, 11) is 1.70. The number of nitro benzene ring substituents is 1. The molecule has 1 N–H and O–H groups in total. The van der Waals surface area contributed by atoms with Crippen molar-refractivity contribution in [2.45, 2.75) is 31.7 Å². The summed E-state index contributed by atoms with van der Waals surface area (Å²) in [6.07, 6.45) is 2.93. The van der Waals surface area contributed by atoms with Crippen LogP contribution in [0.15, 0.2) is 24.3 Å². The lowest BCUT2D eigenvalue weighted by atomic mass is 9.89. The van der Waals surface area contributed by atoms with E-state index >= 15 is 0 Å². The maximum Gasteiger partial charge on any atom is 0.269 e. The molecule has 1 saturated heterocycles. The second-order valence-electron chi connectivity index (χ2n) is 5.35. The van der Waals surface area contributed by atoms with Gasteiger partial charge in [0, 0.05) is 24.9 Å². The summed E-state index contributed by atoms with van der Waals surface area (Å²) in [4.78, 5) is 24.3. The van der Waals surface area contributed by atoms with Crippen molar-refractivity contribution in [2.75, 3.05) is 18.5 Å². The minimum Gasteiger partial charge on any atom is -0.314 e. The average Bonchev–Trinajstić information content (AvgIpc) is 2.46. The van der Waals surface area contributed by atoms with Gasteiger partial charge >= 0.3 is 0 Å². The van der Waals surface area contributed by atoms with Crippen LogP contribution in [0.1, 0.15) is 26.2 Å². The van der Waals surface area contributed by atoms with Crippen LogP contribution in [0.2, 0.25) is 0 Å². The van der Waals surface area contributed by atoms with Gasteiger partial charge < -0.3 is 10.2 Å². The van der Waals surface area contributed by atoms with Crippen LogP contribution in [0.25, 0.3) is 0 Å². The van der Waals surface area contributed by atoms with Crippen LogP contribution in [-0.4, -0.2) is 30.0 Å². The normalized spacial score (nSPS) is 22.3. The first-order chi connectivity index (χ1) is 9.44. The number of nitro groups is 1. The molecule has 1 aromatic rings. The van der Waals surface area contributed by atoms with Gasteiger partial charge in [-0.15, -0.1) is 0 Å². The highest BCUT2D eigenvalue weighted by Gasteiger charge is 2.36. The van der Waals surface area contributed by atoms with Crippen molar-refractivity contribution in [1.29, 1.82) is 0 Å². The fraction of sp³-hybridized carbons (Fsp3) is 0.500. The Labute approximate surface area is 117 Å². The Bertz CT molecular complexity index is 507. The van der Waals surface area contributed by atoms with E-state index in [1.807, 2.05) is 6.92 Å². The number of non-ortho nitro benzene ring substituents is 1. The van der Waals surface area contributed by atoms with E-state index in [1.54, 1.807) is 24.1 Å². The number of rotatable bonds is 3. The SMILES string of the molecule is CN(C(=O)C1(C)CCCCN1)c1ccc([N+](=O)[O-])cc1. The van der Waals surface area contributed by atoms with Crippen molar-refractivity contribution in [2.24, 2.45) is 0 Å². The number of nitrogens with zero attached hydrogens (tertiary/aromatic N) is 2. The molecule has 20 heavy (non-hydrogen) atoms. The van der Waals surface area contributed by atoms with Crippen LogP contribution >= 0.6 is 0 Å². The molecule has 0 saturated carbocycles. The molecule has 0 bridgehead atoms. The molecule has 0 aliphatic carbocycles. The van der Waals surface area contributed by atoms with Gasteiger partial charge in [0.15, 0.2) is 0 Å². The second-order valence-corrected chi connectivity index (χ2v) is 5.35. The van der Waals surface area contributed by atoms with Crippen LogP contribution < -0.4 is 10.2 Å². The number of nitrogens with one attached hydrogen (secondary N) is 1. The van der Waals surface area contributed by atoms with E-state index in [9.17, 15) is 14.9 Å². The largest absolute Gasteiger partial charge is 0.314 e. The van der Waals surface area contributed by atoms with Crippen LogP contribution in [0.4, 0.5) is 11.4 Å². The number of amides is 1. The zero-order valence-electron chi connectivity index (χ0n) is 11.8. The highest BCUT2D eigenvalue weighted by atomic mass is 16.6. The second kappa shape index (κ2) is 5.58. The number of carbonyl (C=O) groups is 1. The number of piperidine rings is 1. The summed E-state index contributed by atoms with van der Waals surface area (Å²) in [5, 5.41) is 13.9. The number of hydrogen-bond acceptors (Lipinski definition) is 4. The van der Waals surface area contributed by atoms with E-state index in [1.165, 1.54) is 12.1 Å². The number of hydrogen-bond donors (Lipinski definition) is 1. The van der Waals surface area contributed by atoms with Crippen molar-refractivity contribution < 1.29 is 9.72 Å². The Hall–Kier alpha value is -1.95. The summed E-state index contributed by atoms with van der Waals surface area (Å²) in [6, 6.07) is 6.02. The van der Waals surface area contributed by atoms with Gasteiger partial charge in [0.2, 0.25) is 5.91 Å². The number of carbonyl (C=O) groups excluding carboxylic acids is 1. The first kappa shape index (κ1) is 14.5. The lowest BCUT2D eigenvalue weighted by Crippen LogP contribution is -2.57. The summed E-state index contributed by atoms with van der Waals surface area (Å²) >= 11 is 0.